The van der Waals surface area contributed by atoms with E-state index in [4.69, 9.17) is 5.11 Å². The molecule has 0 rings (SSSR count). The topological polar surface area (TPSA) is 20.2 Å². The SMILES string of the molecule is OC(Cl)Cl.[CH2-]CCCCCCC.[Ti]. The van der Waals surface area contributed by atoms with E-state index in [0.717, 1.165) is 6.42 Å². The maximum atomic E-state index is 7.59. The number of aliphatic hydroxyl groups excluding tert-OH is 1. The standard InChI is InChI=1S/C8H17.CH2Cl2O.Ti/c1-3-5-7-8-6-4-2;2-1(3)4;/h1,3-8H2,2H3;1,4H;/q-1;;. The van der Waals surface area contributed by atoms with E-state index >= 15 is 0 Å². The average molecular weight is 262 g/mol. The first-order chi connectivity index (χ1) is 5.65. The summed E-state index contributed by atoms with van der Waals surface area (Å²) in [7, 11) is 0. The van der Waals surface area contributed by atoms with E-state index in [1.165, 1.54) is 32.1 Å². The third-order valence-corrected chi connectivity index (χ3v) is 1.35. The van der Waals surface area contributed by atoms with Crippen molar-refractivity contribution in [3.8, 4) is 0 Å². The molecule has 0 amide bonds. The van der Waals surface area contributed by atoms with Gasteiger partial charge in [0.25, 0.3) is 0 Å². The van der Waals surface area contributed by atoms with Crippen molar-refractivity contribution in [1.82, 2.24) is 0 Å². The molecule has 4 heteroatoms. The van der Waals surface area contributed by atoms with Crippen LogP contribution in [0.15, 0.2) is 0 Å². The summed E-state index contributed by atoms with van der Waals surface area (Å²) in [5, 5.41) is 6.36. The number of halogens is 2. The van der Waals surface area contributed by atoms with Crippen LogP contribution in [0, 0.1) is 6.92 Å². The van der Waals surface area contributed by atoms with Gasteiger partial charge in [0.2, 0.25) is 5.02 Å². The monoisotopic (exact) mass is 261 g/mol. The van der Waals surface area contributed by atoms with Crippen molar-refractivity contribution >= 4 is 23.2 Å². The van der Waals surface area contributed by atoms with Gasteiger partial charge in [-0.05, 0) is 0 Å². The van der Waals surface area contributed by atoms with Crippen LogP contribution in [0.2, 0.25) is 0 Å². The zero-order valence-corrected chi connectivity index (χ0v) is 11.3. The van der Waals surface area contributed by atoms with Crippen LogP contribution >= 0.6 is 23.2 Å². The number of rotatable bonds is 5. The largest absolute Gasteiger partial charge is 0.365 e. The Labute approximate surface area is 107 Å². The first-order valence-corrected chi connectivity index (χ1v) is 5.27. The van der Waals surface area contributed by atoms with Crippen molar-refractivity contribution < 1.29 is 26.8 Å². The van der Waals surface area contributed by atoms with Gasteiger partial charge in [0, 0.05) is 21.7 Å². The van der Waals surface area contributed by atoms with E-state index in [1.54, 1.807) is 0 Å². The second-order valence-corrected chi connectivity index (χ2v) is 3.60. The van der Waals surface area contributed by atoms with Crippen molar-refractivity contribution in [2.75, 3.05) is 0 Å². The van der Waals surface area contributed by atoms with E-state index in [0.29, 0.717) is 0 Å². The minimum atomic E-state index is -1.22. The van der Waals surface area contributed by atoms with Gasteiger partial charge in [-0.1, -0.05) is 62.2 Å². The molecule has 0 aliphatic carbocycles. The molecule has 0 saturated heterocycles. The molecule has 0 unspecified atom stereocenters. The van der Waals surface area contributed by atoms with Gasteiger partial charge >= 0.3 is 0 Å². The average Bonchev–Trinajstić information content (AvgIpc) is 1.97. The minimum absolute atomic E-state index is 0. The predicted molar refractivity (Wildman–Crippen MR) is 56.4 cm³/mol. The zero-order valence-electron chi connectivity index (χ0n) is 8.23. The summed E-state index contributed by atoms with van der Waals surface area (Å²) in [6.45, 7) is 6.02. The number of aliphatic hydroxyl groups is 1. The molecule has 0 heterocycles. The molecule has 0 fully saturated rings. The minimum Gasteiger partial charge on any atom is -0.365 e. The van der Waals surface area contributed by atoms with E-state index in [2.05, 4.69) is 37.0 Å². The molecule has 80 valence electrons. The van der Waals surface area contributed by atoms with Crippen LogP contribution in [0.1, 0.15) is 45.4 Å². The fraction of sp³-hybridized carbons (Fsp3) is 0.889. The second kappa shape index (κ2) is 18.9. The summed E-state index contributed by atoms with van der Waals surface area (Å²) >= 11 is 9.19. The summed E-state index contributed by atoms with van der Waals surface area (Å²) in [6, 6.07) is 0. The maximum absolute atomic E-state index is 7.59. The Morgan fingerprint density at radius 3 is 1.85 bits per heavy atom. The predicted octanol–water partition coefficient (Wildman–Crippen LogP) is 3.92. The molecule has 1 N–H and O–H groups in total. The molecule has 0 bridgehead atoms. The van der Waals surface area contributed by atoms with Gasteiger partial charge in [0.05, 0.1) is 0 Å². The second-order valence-electron chi connectivity index (χ2n) is 2.55. The van der Waals surface area contributed by atoms with Crippen LogP contribution in [0.25, 0.3) is 0 Å². The smallest absolute Gasteiger partial charge is 0.204 e. The van der Waals surface area contributed by atoms with Gasteiger partial charge < -0.3 is 12.0 Å². The van der Waals surface area contributed by atoms with Gasteiger partial charge in [-0.3, -0.25) is 0 Å². The molecular weight excluding hydrogens is 243 g/mol. The van der Waals surface area contributed by atoms with Crippen molar-refractivity contribution in [1.29, 1.82) is 0 Å². The molecule has 0 aromatic rings. The van der Waals surface area contributed by atoms with Crippen molar-refractivity contribution in [3.05, 3.63) is 6.92 Å². The van der Waals surface area contributed by atoms with Gasteiger partial charge in [-0.25, -0.2) is 0 Å². The normalized spacial score (nSPS) is 8.77. The first-order valence-electron chi connectivity index (χ1n) is 4.40. The summed E-state index contributed by atoms with van der Waals surface area (Å²) in [4.78, 5) is 0. The van der Waals surface area contributed by atoms with Gasteiger partial charge in [0.15, 0.2) is 0 Å². The summed E-state index contributed by atoms with van der Waals surface area (Å²) in [5.74, 6) is 0. The Kier molecular flexibility index (Phi) is 28.8. The van der Waals surface area contributed by atoms with Crippen molar-refractivity contribution in [2.45, 2.75) is 50.5 Å². The molecule has 0 aromatic heterocycles. The third-order valence-electron chi connectivity index (χ3n) is 1.35. The Balaban J connectivity index is -0.000000173. The van der Waals surface area contributed by atoms with Crippen molar-refractivity contribution in [3.63, 3.8) is 0 Å². The van der Waals surface area contributed by atoms with E-state index in [1.807, 2.05) is 0 Å². The Hall–Kier alpha value is 1.25. The van der Waals surface area contributed by atoms with Crippen LogP contribution in [0.5, 0.6) is 0 Å². The molecule has 0 aliphatic rings. The van der Waals surface area contributed by atoms with E-state index in [9.17, 15) is 0 Å². The van der Waals surface area contributed by atoms with Crippen LogP contribution in [0.4, 0.5) is 0 Å². The molecule has 0 atom stereocenters. The molecule has 0 spiro atoms. The van der Waals surface area contributed by atoms with Crippen molar-refractivity contribution in [2.24, 2.45) is 0 Å². The quantitative estimate of drug-likeness (QED) is 0.344. The van der Waals surface area contributed by atoms with Crippen LogP contribution in [-0.4, -0.2) is 10.1 Å². The maximum Gasteiger partial charge on any atom is 0.204 e. The molecule has 0 radical (unpaired) electrons. The van der Waals surface area contributed by atoms with Crippen LogP contribution < -0.4 is 0 Å². The fourth-order valence-electron chi connectivity index (χ4n) is 0.780. The summed E-state index contributed by atoms with van der Waals surface area (Å²) in [5.41, 5.74) is 0. The summed E-state index contributed by atoms with van der Waals surface area (Å²) in [6.07, 6.45) is 7.98. The Morgan fingerprint density at radius 2 is 1.54 bits per heavy atom. The molecule has 0 aromatic carbocycles. The molecule has 0 saturated carbocycles. The van der Waals surface area contributed by atoms with E-state index in [-0.39, 0.29) is 21.7 Å². The van der Waals surface area contributed by atoms with Crippen LogP contribution in [-0.2, 0) is 21.7 Å². The number of hydrogen-bond donors (Lipinski definition) is 1. The van der Waals surface area contributed by atoms with Gasteiger partial charge in [-0.15, -0.1) is 0 Å². The number of hydrogen-bond acceptors (Lipinski definition) is 1. The van der Waals surface area contributed by atoms with Gasteiger partial charge in [-0.2, -0.15) is 6.42 Å². The fourth-order valence-corrected chi connectivity index (χ4v) is 0.780. The zero-order chi connectivity index (χ0) is 9.82. The van der Waals surface area contributed by atoms with Gasteiger partial charge in [0.1, 0.15) is 0 Å². The molecule has 0 aliphatic heterocycles. The number of alkyl halides is 2. The summed E-state index contributed by atoms with van der Waals surface area (Å²) < 4.78 is 0. The first kappa shape index (κ1) is 19.8. The Morgan fingerprint density at radius 1 is 1.15 bits per heavy atom. The van der Waals surface area contributed by atoms with E-state index < -0.39 is 5.02 Å². The van der Waals surface area contributed by atoms with Crippen LogP contribution in [0.3, 0.4) is 0 Å². The molecule has 1 nitrogen and oxygen atoms in total. The Bertz CT molecular complexity index is 63.9. The molecule has 13 heavy (non-hydrogen) atoms. The number of unbranched alkanes of at least 4 members (excludes halogenated alkanes) is 5. The third kappa shape index (κ3) is 42.9. The molecular formula is C9H19Cl2OTi-.